The second-order valence-corrected chi connectivity index (χ2v) is 7.32. The first kappa shape index (κ1) is 17.3. The molecule has 1 unspecified atom stereocenters. The minimum absolute atomic E-state index is 0.0882. The quantitative estimate of drug-likeness (QED) is 0.921. The number of amides is 1. The molecule has 136 valence electrons. The van der Waals surface area contributed by atoms with Crippen LogP contribution in [-0.2, 0) is 16.0 Å². The number of aliphatic hydroxyl groups is 1. The lowest BCUT2D eigenvalue weighted by Gasteiger charge is -2.37. The van der Waals surface area contributed by atoms with Gasteiger partial charge in [-0.05, 0) is 35.4 Å². The van der Waals surface area contributed by atoms with Crippen LogP contribution in [-0.4, -0.2) is 47.8 Å². The van der Waals surface area contributed by atoms with Crippen LogP contribution in [0.1, 0.15) is 18.4 Å². The lowest BCUT2D eigenvalue weighted by molar-refractivity contribution is -0.143. The van der Waals surface area contributed by atoms with E-state index in [0.717, 1.165) is 24.0 Å². The van der Waals surface area contributed by atoms with Gasteiger partial charge >= 0.3 is 0 Å². The maximum atomic E-state index is 12.9. The Morgan fingerprint density at radius 1 is 1.04 bits per heavy atom. The molecule has 1 aliphatic carbocycles. The molecule has 4 rings (SSSR count). The molecule has 4 heteroatoms. The molecule has 2 aromatic rings. The van der Waals surface area contributed by atoms with Crippen LogP contribution in [0.4, 0.5) is 0 Å². The monoisotopic (exact) mass is 351 g/mol. The zero-order valence-corrected chi connectivity index (χ0v) is 14.9. The van der Waals surface area contributed by atoms with Gasteiger partial charge in [-0.1, -0.05) is 54.6 Å². The summed E-state index contributed by atoms with van der Waals surface area (Å²) in [6.07, 6.45) is 2.21. The van der Waals surface area contributed by atoms with E-state index in [1.54, 1.807) is 0 Å². The summed E-state index contributed by atoms with van der Waals surface area (Å²) in [6.45, 7) is 1.43. The molecule has 0 aromatic heterocycles. The predicted octanol–water partition coefficient (Wildman–Crippen LogP) is 2.89. The highest BCUT2D eigenvalue weighted by Gasteiger charge is 2.42. The van der Waals surface area contributed by atoms with Crippen molar-refractivity contribution in [1.29, 1.82) is 0 Å². The largest absolute Gasteiger partial charge is 0.396 e. The molecule has 0 bridgehead atoms. The van der Waals surface area contributed by atoms with Crippen LogP contribution in [0.25, 0.3) is 11.1 Å². The van der Waals surface area contributed by atoms with E-state index in [1.807, 2.05) is 35.2 Å². The third-order valence-corrected chi connectivity index (χ3v) is 5.63. The van der Waals surface area contributed by atoms with Crippen LogP contribution in [0.3, 0.4) is 0 Å². The van der Waals surface area contributed by atoms with Crippen molar-refractivity contribution >= 4 is 5.91 Å². The highest BCUT2D eigenvalue weighted by Crippen LogP contribution is 2.34. The normalized spacial score (nSPS) is 25.1. The van der Waals surface area contributed by atoms with Crippen LogP contribution in [0, 0.1) is 5.92 Å². The zero-order valence-electron chi connectivity index (χ0n) is 14.9. The summed E-state index contributed by atoms with van der Waals surface area (Å²) in [6, 6.07) is 18.6. The molecule has 4 nitrogen and oxygen atoms in total. The lowest BCUT2D eigenvalue weighted by atomic mass is 10.0. The number of carbonyl (C=O) groups is 1. The van der Waals surface area contributed by atoms with Crippen LogP contribution in [0.2, 0.25) is 0 Å². The summed E-state index contributed by atoms with van der Waals surface area (Å²) >= 11 is 0. The number of hydrogen-bond acceptors (Lipinski definition) is 3. The van der Waals surface area contributed by atoms with Crippen molar-refractivity contribution in [2.75, 3.05) is 19.8 Å². The van der Waals surface area contributed by atoms with E-state index in [-0.39, 0.29) is 30.6 Å². The number of carbonyl (C=O) groups excluding carboxylic acids is 1. The summed E-state index contributed by atoms with van der Waals surface area (Å²) in [5.74, 6) is 0.415. The molecule has 1 saturated carbocycles. The van der Waals surface area contributed by atoms with E-state index in [1.165, 1.54) is 5.56 Å². The Balaban J connectivity index is 1.43. The van der Waals surface area contributed by atoms with E-state index < -0.39 is 0 Å². The first-order valence-electron chi connectivity index (χ1n) is 9.41. The van der Waals surface area contributed by atoms with Crippen LogP contribution >= 0.6 is 0 Å². The Bertz CT molecular complexity index is 744. The smallest absolute Gasteiger partial charge is 0.227 e. The number of ether oxygens (including phenoxy) is 1. The summed E-state index contributed by atoms with van der Waals surface area (Å²) < 4.78 is 5.82. The number of fused-ring (bicyclic) bond motifs is 1. The lowest BCUT2D eigenvalue weighted by Crippen LogP contribution is -2.51. The van der Waals surface area contributed by atoms with Gasteiger partial charge in [0.1, 0.15) is 0 Å². The summed E-state index contributed by atoms with van der Waals surface area (Å²) in [5.41, 5.74) is 3.38. The van der Waals surface area contributed by atoms with Gasteiger partial charge in [-0.25, -0.2) is 0 Å². The first-order valence-corrected chi connectivity index (χ1v) is 9.41. The maximum Gasteiger partial charge on any atom is 0.227 e. The Labute approximate surface area is 154 Å². The fraction of sp³-hybridized carbons (Fsp3) is 0.409. The SMILES string of the molecule is O=C(Cc1ccc(-c2ccccc2)cc1)N1CCOC2C[C@H](CO)C[C@@H]21. The van der Waals surface area contributed by atoms with Crippen LogP contribution < -0.4 is 0 Å². The highest BCUT2D eigenvalue weighted by atomic mass is 16.5. The average molecular weight is 351 g/mol. The molecule has 1 N–H and O–H groups in total. The third kappa shape index (κ3) is 3.53. The van der Waals surface area contributed by atoms with E-state index in [9.17, 15) is 9.90 Å². The Hall–Kier alpha value is -2.17. The molecule has 0 spiro atoms. The number of aliphatic hydroxyl groups excluding tert-OH is 1. The number of rotatable bonds is 4. The second kappa shape index (κ2) is 7.60. The minimum Gasteiger partial charge on any atom is -0.396 e. The molecule has 3 atom stereocenters. The van der Waals surface area contributed by atoms with Gasteiger partial charge in [-0.15, -0.1) is 0 Å². The van der Waals surface area contributed by atoms with Gasteiger partial charge in [0.15, 0.2) is 0 Å². The van der Waals surface area contributed by atoms with Crippen molar-refractivity contribution in [2.24, 2.45) is 5.92 Å². The zero-order chi connectivity index (χ0) is 17.9. The second-order valence-electron chi connectivity index (χ2n) is 7.32. The van der Waals surface area contributed by atoms with Crippen LogP contribution in [0.5, 0.6) is 0 Å². The summed E-state index contributed by atoms with van der Waals surface area (Å²) in [4.78, 5) is 14.8. The molecule has 2 aliphatic rings. The fourth-order valence-corrected chi connectivity index (χ4v) is 4.23. The Kier molecular flexibility index (Phi) is 5.05. The van der Waals surface area contributed by atoms with Crippen molar-refractivity contribution in [1.82, 2.24) is 4.90 Å². The highest BCUT2D eigenvalue weighted by molar-refractivity contribution is 5.79. The van der Waals surface area contributed by atoms with Gasteiger partial charge in [0, 0.05) is 13.2 Å². The number of morpholine rings is 1. The molecule has 1 saturated heterocycles. The van der Waals surface area contributed by atoms with Gasteiger partial charge in [-0.3, -0.25) is 4.79 Å². The number of nitrogens with zero attached hydrogens (tertiary/aromatic N) is 1. The van der Waals surface area contributed by atoms with Gasteiger partial charge in [0.2, 0.25) is 5.91 Å². The number of hydrogen-bond donors (Lipinski definition) is 1. The topological polar surface area (TPSA) is 49.8 Å². The summed E-state index contributed by atoms with van der Waals surface area (Å²) in [5, 5.41) is 9.43. The average Bonchev–Trinajstić information content (AvgIpc) is 3.12. The molecule has 2 fully saturated rings. The molecule has 1 amide bonds. The van der Waals surface area contributed by atoms with E-state index in [2.05, 4.69) is 24.3 Å². The van der Waals surface area contributed by atoms with Gasteiger partial charge in [-0.2, -0.15) is 0 Å². The van der Waals surface area contributed by atoms with E-state index in [4.69, 9.17) is 4.74 Å². The molecule has 1 heterocycles. The van der Waals surface area contributed by atoms with Crippen molar-refractivity contribution in [2.45, 2.75) is 31.4 Å². The minimum atomic E-state index is 0.0882. The van der Waals surface area contributed by atoms with Gasteiger partial charge < -0.3 is 14.7 Å². The molecule has 2 aromatic carbocycles. The van der Waals surface area contributed by atoms with Gasteiger partial charge in [0.05, 0.1) is 25.2 Å². The van der Waals surface area contributed by atoms with Gasteiger partial charge in [0.25, 0.3) is 0 Å². The molecular formula is C22H25NO3. The molecular weight excluding hydrogens is 326 g/mol. The summed E-state index contributed by atoms with van der Waals surface area (Å²) in [7, 11) is 0. The van der Waals surface area contributed by atoms with E-state index in [0.29, 0.717) is 19.6 Å². The number of benzene rings is 2. The molecule has 26 heavy (non-hydrogen) atoms. The van der Waals surface area contributed by atoms with Crippen molar-refractivity contribution in [3.8, 4) is 11.1 Å². The van der Waals surface area contributed by atoms with Crippen molar-refractivity contribution in [3.63, 3.8) is 0 Å². The van der Waals surface area contributed by atoms with E-state index >= 15 is 0 Å². The molecule has 0 radical (unpaired) electrons. The van der Waals surface area contributed by atoms with Crippen LogP contribution in [0.15, 0.2) is 54.6 Å². The third-order valence-electron chi connectivity index (χ3n) is 5.63. The Morgan fingerprint density at radius 2 is 1.77 bits per heavy atom. The fourth-order valence-electron chi connectivity index (χ4n) is 4.23. The van der Waals surface area contributed by atoms with Crippen molar-refractivity contribution in [3.05, 3.63) is 60.2 Å². The molecule has 1 aliphatic heterocycles. The van der Waals surface area contributed by atoms with Crippen molar-refractivity contribution < 1.29 is 14.6 Å². The standard InChI is InChI=1S/C22H25NO3/c24-15-17-12-20-21(13-17)26-11-10-23(20)22(25)14-16-6-8-19(9-7-16)18-4-2-1-3-5-18/h1-9,17,20-21,24H,10-15H2/t17-,20+,21?/m1/s1. The predicted molar refractivity (Wildman–Crippen MR) is 101 cm³/mol. The maximum absolute atomic E-state index is 12.9. The first-order chi connectivity index (χ1) is 12.7. The Morgan fingerprint density at radius 3 is 2.50 bits per heavy atom.